The van der Waals surface area contributed by atoms with Crippen LogP contribution < -0.4 is 5.73 Å². The second-order valence-electron chi connectivity index (χ2n) is 5.50. The van der Waals surface area contributed by atoms with E-state index in [2.05, 4.69) is 0 Å². The highest BCUT2D eigenvalue weighted by atomic mass is 16.4. The minimum absolute atomic E-state index is 0.0412. The Balaban J connectivity index is 2.61. The molecule has 0 saturated carbocycles. The number of amides is 1. The summed E-state index contributed by atoms with van der Waals surface area (Å²) in [6, 6.07) is 0. The van der Waals surface area contributed by atoms with Crippen LogP contribution in [0.15, 0.2) is 0 Å². The first-order valence-electron chi connectivity index (χ1n) is 6.64. The van der Waals surface area contributed by atoms with Crippen LogP contribution in [0.2, 0.25) is 0 Å². The van der Waals surface area contributed by atoms with Gasteiger partial charge in [-0.3, -0.25) is 9.59 Å². The van der Waals surface area contributed by atoms with E-state index in [1.807, 2.05) is 6.92 Å². The standard InChI is InChI=1S/C13H24N2O3/c1-3-10(8-14)7-11(16)15-6-4-5-13(2,9-15)12(17)18/h10H,3-9,14H2,1-2H3,(H,17,18). The second kappa shape index (κ2) is 6.18. The Morgan fingerprint density at radius 3 is 2.67 bits per heavy atom. The molecule has 1 aliphatic rings. The topological polar surface area (TPSA) is 83.6 Å². The number of hydrogen-bond acceptors (Lipinski definition) is 3. The van der Waals surface area contributed by atoms with Crippen molar-refractivity contribution in [1.29, 1.82) is 0 Å². The maximum Gasteiger partial charge on any atom is 0.311 e. The summed E-state index contributed by atoms with van der Waals surface area (Å²) in [5, 5.41) is 9.21. The number of rotatable bonds is 5. The van der Waals surface area contributed by atoms with E-state index in [9.17, 15) is 14.7 Å². The summed E-state index contributed by atoms with van der Waals surface area (Å²) in [6.07, 6.45) is 2.71. The van der Waals surface area contributed by atoms with Crippen LogP contribution in [-0.4, -0.2) is 41.5 Å². The van der Waals surface area contributed by atoms with Crippen molar-refractivity contribution in [3.05, 3.63) is 0 Å². The summed E-state index contributed by atoms with van der Waals surface area (Å²) in [4.78, 5) is 25.0. The number of nitrogens with two attached hydrogens (primary N) is 1. The number of hydrogen-bond donors (Lipinski definition) is 2. The average molecular weight is 256 g/mol. The molecule has 0 aliphatic carbocycles. The Morgan fingerprint density at radius 2 is 2.17 bits per heavy atom. The minimum Gasteiger partial charge on any atom is -0.481 e. The molecule has 0 spiro atoms. The molecular formula is C13H24N2O3. The van der Waals surface area contributed by atoms with Crippen LogP contribution >= 0.6 is 0 Å². The molecule has 5 heteroatoms. The number of likely N-dealkylation sites (tertiary alicyclic amines) is 1. The van der Waals surface area contributed by atoms with Crippen LogP contribution in [0.25, 0.3) is 0 Å². The van der Waals surface area contributed by atoms with Crippen molar-refractivity contribution < 1.29 is 14.7 Å². The lowest BCUT2D eigenvalue weighted by molar-refractivity contribution is -0.153. The van der Waals surface area contributed by atoms with Crippen molar-refractivity contribution in [2.75, 3.05) is 19.6 Å². The highest BCUT2D eigenvalue weighted by molar-refractivity contribution is 5.79. The molecule has 1 aliphatic heterocycles. The van der Waals surface area contributed by atoms with Crippen molar-refractivity contribution in [2.24, 2.45) is 17.1 Å². The van der Waals surface area contributed by atoms with Gasteiger partial charge in [-0.05, 0) is 32.2 Å². The highest BCUT2D eigenvalue weighted by Crippen LogP contribution is 2.30. The van der Waals surface area contributed by atoms with Crippen molar-refractivity contribution in [3.8, 4) is 0 Å². The van der Waals surface area contributed by atoms with E-state index in [1.165, 1.54) is 0 Å². The normalized spacial score (nSPS) is 25.8. The van der Waals surface area contributed by atoms with Crippen LogP contribution in [0.4, 0.5) is 0 Å². The molecule has 5 nitrogen and oxygen atoms in total. The fourth-order valence-corrected chi connectivity index (χ4v) is 2.40. The molecular weight excluding hydrogens is 232 g/mol. The number of aliphatic carboxylic acids is 1. The van der Waals surface area contributed by atoms with Gasteiger partial charge in [0.25, 0.3) is 0 Å². The number of nitrogens with zero attached hydrogens (tertiary/aromatic N) is 1. The van der Waals surface area contributed by atoms with Crippen LogP contribution in [-0.2, 0) is 9.59 Å². The van der Waals surface area contributed by atoms with Gasteiger partial charge >= 0.3 is 5.97 Å². The maximum atomic E-state index is 12.1. The summed E-state index contributed by atoms with van der Waals surface area (Å²) >= 11 is 0. The van der Waals surface area contributed by atoms with Crippen LogP contribution in [0.3, 0.4) is 0 Å². The molecule has 104 valence electrons. The number of piperidine rings is 1. The summed E-state index contributed by atoms with van der Waals surface area (Å²) in [5.74, 6) is -0.569. The Morgan fingerprint density at radius 1 is 1.50 bits per heavy atom. The summed E-state index contributed by atoms with van der Waals surface area (Å²) < 4.78 is 0. The molecule has 2 unspecified atom stereocenters. The third-order valence-corrected chi connectivity index (χ3v) is 3.94. The number of carboxylic acid groups (broad SMARTS) is 1. The zero-order valence-electron chi connectivity index (χ0n) is 11.3. The number of carbonyl (C=O) groups is 2. The Bertz CT molecular complexity index is 315. The molecule has 3 N–H and O–H groups in total. The Hall–Kier alpha value is -1.10. The predicted molar refractivity (Wildman–Crippen MR) is 69.0 cm³/mol. The van der Waals surface area contributed by atoms with Gasteiger partial charge in [0.05, 0.1) is 5.41 Å². The van der Waals surface area contributed by atoms with E-state index >= 15 is 0 Å². The molecule has 0 bridgehead atoms. The van der Waals surface area contributed by atoms with E-state index in [1.54, 1.807) is 11.8 Å². The van der Waals surface area contributed by atoms with E-state index in [0.717, 1.165) is 12.8 Å². The zero-order chi connectivity index (χ0) is 13.8. The fraction of sp³-hybridized carbons (Fsp3) is 0.846. The van der Waals surface area contributed by atoms with Gasteiger partial charge in [-0.15, -0.1) is 0 Å². The lowest BCUT2D eigenvalue weighted by Gasteiger charge is -2.38. The molecule has 0 aromatic carbocycles. The smallest absolute Gasteiger partial charge is 0.311 e. The number of carbonyl (C=O) groups excluding carboxylic acids is 1. The SMILES string of the molecule is CCC(CN)CC(=O)N1CCCC(C)(C(=O)O)C1. The monoisotopic (exact) mass is 256 g/mol. The van der Waals surface area contributed by atoms with E-state index < -0.39 is 11.4 Å². The predicted octanol–water partition coefficient (Wildman–Crippen LogP) is 1.07. The third kappa shape index (κ3) is 3.45. The quantitative estimate of drug-likeness (QED) is 0.771. The molecule has 1 heterocycles. The van der Waals surface area contributed by atoms with Crippen molar-refractivity contribution >= 4 is 11.9 Å². The molecule has 0 radical (unpaired) electrons. The van der Waals surface area contributed by atoms with Crippen molar-refractivity contribution in [2.45, 2.75) is 39.5 Å². The second-order valence-corrected chi connectivity index (χ2v) is 5.50. The molecule has 2 atom stereocenters. The van der Waals surface area contributed by atoms with E-state index in [0.29, 0.717) is 32.5 Å². The Labute approximate surface area is 108 Å². The van der Waals surface area contributed by atoms with Gasteiger partial charge in [0.15, 0.2) is 0 Å². The first-order valence-corrected chi connectivity index (χ1v) is 6.64. The van der Waals surface area contributed by atoms with E-state index in [-0.39, 0.29) is 11.8 Å². The largest absolute Gasteiger partial charge is 0.481 e. The fourth-order valence-electron chi connectivity index (χ4n) is 2.40. The molecule has 0 aromatic rings. The molecule has 1 saturated heterocycles. The van der Waals surface area contributed by atoms with Crippen LogP contribution in [0.1, 0.15) is 39.5 Å². The van der Waals surface area contributed by atoms with E-state index in [4.69, 9.17) is 5.73 Å². The first kappa shape index (κ1) is 15.0. The number of carboxylic acids is 1. The molecule has 1 fully saturated rings. The third-order valence-electron chi connectivity index (χ3n) is 3.94. The lowest BCUT2D eigenvalue weighted by Crippen LogP contribution is -2.48. The van der Waals surface area contributed by atoms with Gasteiger partial charge in [-0.25, -0.2) is 0 Å². The maximum absolute atomic E-state index is 12.1. The zero-order valence-corrected chi connectivity index (χ0v) is 11.3. The average Bonchev–Trinajstić information content (AvgIpc) is 2.35. The summed E-state index contributed by atoms with van der Waals surface area (Å²) in [7, 11) is 0. The Kier molecular flexibility index (Phi) is 5.14. The van der Waals surface area contributed by atoms with Crippen LogP contribution in [0, 0.1) is 11.3 Å². The van der Waals surface area contributed by atoms with Gasteiger partial charge in [0.1, 0.15) is 0 Å². The van der Waals surface area contributed by atoms with Gasteiger partial charge in [-0.1, -0.05) is 13.3 Å². The van der Waals surface area contributed by atoms with Crippen molar-refractivity contribution in [1.82, 2.24) is 4.90 Å². The molecule has 1 rings (SSSR count). The van der Waals surface area contributed by atoms with Gasteiger partial charge < -0.3 is 15.7 Å². The molecule has 1 amide bonds. The van der Waals surface area contributed by atoms with Crippen molar-refractivity contribution in [3.63, 3.8) is 0 Å². The molecule has 18 heavy (non-hydrogen) atoms. The molecule has 0 aromatic heterocycles. The summed E-state index contributed by atoms with van der Waals surface area (Å²) in [6.45, 7) is 5.23. The first-order chi connectivity index (χ1) is 8.42. The van der Waals surface area contributed by atoms with Gasteiger partial charge in [0.2, 0.25) is 5.91 Å². The van der Waals surface area contributed by atoms with Crippen LogP contribution in [0.5, 0.6) is 0 Å². The summed E-state index contributed by atoms with van der Waals surface area (Å²) in [5.41, 5.74) is 4.80. The minimum atomic E-state index is -0.814. The lowest BCUT2D eigenvalue weighted by atomic mass is 9.82. The highest BCUT2D eigenvalue weighted by Gasteiger charge is 2.39. The van der Waals surface area contributed by atoms with Gasteiger partial charge in [0, 0.05) is 19.5 Å². The van der Waals surface area contributed by atoms with Gasteiger partial charge in [-0.2, -0.15) is 0 Å².